The molecule has 0 aliphatic rings. The van der Waals surface area contributed by atoms with Gasteiger partial charge in [-0.05, 0) is 48.5 Å². The Labute approximate surface area is 222 Å². The largest absolute Gasteiger partial charge is 0.435 e. The molecule has 0 saturated carbocycles. The second kappa shape index (κ2) is 10.6. The first-order valence-corrected chi connectivity index (χ1v) is 10.9. The molecule has 0 unspecified atom stereocenters. The molecule has 0 aliphatic carbocycles. The minimum absolute atomic E-state index is 0.0478. The smallest absolute Gasteiger partial charge is 0.321 e. The molecule has 41 heavy (non-hydrogen) atoms. The van der Waals surface area contributed by atoms with Crippen molar-refractivity contribution in [3.05, 3.63) is 94.6 Å². The Bertz CT molecular complexity index is 1450. The van der Waals surface area contributed by atoms with Crippen LogP contribution in [0.5, 0.6) is 0 Å². The van der Waals surface area contributed by atoms with E-state index in [1.165, 1.54) is 5.32 Å². The van der Waals surface area contributed by atoms with Crippen molar-refractivity contribution in [2.24, 2.45) is 0 Å². The summed E-state index contributed by atoms with van der Waals surface area (Å²) < 4.78 is 162. The van der Waals surface area contributed by atoms with Gasteiger partial charge in [0.1, 0.15) is 5.82 Å². The van der Waals surface area contributed by atoms with E-state index in [0.717, 1.165) is 49.5 Å². The summed E-state index contributed by atoms with van der Waals surface area (Å²) in [5.41, 5.74) is -14.0. The van der Waals surface area contributed by atoms with Crippen molar-refractivity contribution >= 4 is 23.2 Å². The van der Waals surface area contributed by atoms with Crippen molar-refractivity contribution in [2.45, 2.75) is 24.2 Å². The number of anilines is 2. The summed E-state index contributed by atoms with van der Waals surface area (Å²) in [5, 5.41) is 1.53. The molecule has 0 heterocycles. The SMILES string of the molecule is CN(C(=O)c1ccc(F)cc1)c1cccc(C(=O)Nc2ccc(C(F)(C(F)(F)F)C(F)(F)F)cc2C(F)(F)F)c1F. The molecule has 3 aromatic carbocycles. The molecule has 2 amide bonds. The molecule has 3 rings (SSSR count). The lowest BCUT2D eigenvalue weighted by Gasteiger charge is -2.31. The van der Waals surface area contributed by atoms with E-state index in [-0.39, 0.29) is 17.7 Å². The summed E-state index contributed by atoms with van der Waals surface area (Å²) in [6, 6.07) is 5.69. The summed E-state index contributed by atoms with van der Waals surface area (Å²) in [6.07, 6.45) is -19.1. The molecule has 0 atom stereocenters. The molecule has 4 nitrogen and oxygen atoms in total. The van der Waals surface area contributed by atoms with Crippen LogP contribution in [-0.2, 0) is 11.8 Å². The molecular formula is C25H14F12N2O2. The standard InChI is InChI=1S/C25H14F12N2O2/c1-39(21(41)12-5-8-14(26)9-6-12)18-4-2-3-15(19(18)27)20(40)38-17-10-7-13(11-16(17)23(29,30)31)22(28,24(32,33)34)25(35,36)37/h2-11H,1H3,(H,38,40). The third kappa shape index (κ3) is 5.95. The minimum Gasteiger partial charge on any atom is -0.321 e. The van der Waals surface area contributed by atoms with E-state index in [0.29, 0.717) is 4.90 Å². The van der Waals surface area contributed by atoms with Crippen LogP contribution in [-0.4, -0.2) is 31.2 Å². The van der Waals surface area contributed by atoms with Crippen LogP contribution in [0.2, 0.25) is 0 Å². The predicted molar refractivity (Wildman–Crippen MR) is 120 cm³/mol. The number of rotatable bonds is 5. The fourth-order valence-corrected chi connectivity index (χ4v) is 3.63. The summed E-state index contributed by atoms with van der Waals surface area (Å²) >= 11 is 0. The van der Waals surface area contributed by atoms with Gasteiger partial charge in [-0.3, -0.25) is 9.59 Å². The maximum absolute atomic E-state index is 15.2. The van der Waals surface area contributed by atoms with Gasteiger partial charge in [0, 0.05) is 18.2 Å². The Hall–Kier alpha value is -4.24. The Morgan fingerprint density at radius 2 is 1.32 bits per heavy atom. The number of hydrogen-bond donors (Lipinski definition) is 1. The van der Waals surface area contributed by atoms with Crippen LogP contribution in [0.15, 0.2) is 60.7 Å². The molecule has 0 radical (unpaired) electrons. The molecule has 1 N–H and O–H groups in total. The van der Waals surface area contributed by atoms with Gasteiger partial charge < -0.3 is 10.2 Å². The second-order valence-corrected chi connectivity index (χ2v) is 8.38. The molecule has 0 spiro atoms. The fraction of sp³-hybridized carbons (Fsp3) is 0.200. The predicted octanol–water partition coefficient (Wildman–Crippen LogP) is 7.80. The lowest BCUT2D eigenvalue weighted by Crippen LogP contribution is -2.50. The number of nitrogens with zero attached hydrogens (tertiary/aromatic N) is 1. The van der Waals surface area contributed by atoms with Crippen molar-refractivity contribution in [3.8, 4) is 0 Å². The van der Waals surface area contributed by atoms with Gasteiger partial charge in [0.2, 0.25) is 0 Å². The first-order chi connectivity index (χ1) is 18.7. The first-order valence-electron chi connectivity index (χ1n) is 10.9. The van der Waals surface area contributed by atoms with Crippen molar-refractivity contribution in [1.29, 1.82) is 0 Å². The second-order valence-electron chi connectivity index (χ2n) is 8.38. The number of alkyl halides is 10. The van der Waals surface area contributed by atoms with Crippen LogP contribution in [0.4, 0.5) is 64.1 Å². The highest BCUT2D eigenvalue weighted by Gasteiger charge is 2.73. The number of benzene rings is 3. The average Bonchev–Trinajstić information content (AvgIpc) is 2.86. The van der Waals surface area contributed by atoms with Crippen LogP contribution in [0, 0.1) is 11.6 Å². The van der Waals surface area contributed by atoms with E-state index in [1.807, 2.05) is 0 Å². The van der Waals surface area contributed by atoms with Crippen LogP contribution in [0.25, 0.3) is 0 Å². The molecule has 0 fully saturated rings. The number of amides is 2. The lowest BCUT2D eigenvalue weighted by molar-refractivity contribution is -0.348. The van der Waals surface area contributed by atoms with E-state index in [2.05, 4.69) is 0 Å². The zero-order valence-electron chi connectivity index (χ0n) is 20.1. The Morgan fingerprint density at radius 3 is 1.83 bits per heavy atom. The van der Waals surface area contributed by atoms with Crippen LogP contribution in [0.1, 0.15) is 31.8 Å². The van der Waals surface area contributed by atoms with Gasteiger partial charge in [-0.25, -0.2) is 13.2 Å². The maximum Gasteiger partial charge on any atom is 0.435 e. The molecule has 0 aliphatic heterocycles. The summed E-state index contributed by atoms with van der Waals surface area (Å²) in [6.45, 7) is 0. The van der Waals surface area contributed by atoms with Crippen molar-refractivity contribution in [2.75, 3.05) is 17.3 Å². The van der Waals surface area contributed by atoms with Crippen molar-refractivity contribution in [3.63, 3.8) is 0 Å². The molecule has 3 aromatic rings. The molecule has 0 bridgehead atoms. The van der Waals surface area contributed by atoms with Gasteiger partial charge in [-0.15, -0.1) is 0 Å². The van der Waals surface area contributed by atoms with Crippen LogP contribution >= 0.6 is 0 Å². The third-order valence-corrected chi connectivity index (χ3v) is 5.73. The quantitative estimate of drug-likeness (QED) is 0.303. The summed E-state index contributed by atoms with van der Waals surface area (Å²) in [5.74, 6) is -4.68. The van der Waals surface area contributed by atoms with E-state index in [9.17, 15) is 57.9 Å². The number of nitrogens with one attached hydrogen (secondary N) is 1. The van der Waals surface area contributed by atoms with E-state index in [1.54, 1.807) is 0 Å². The number of hydrogen-bond acceptors (Lipinski definition) is 2. The highest BCUT2D eigenvalue weighted by atomic mass is 19.4. The van der Waals surface area contributed by atoms with Gasteiger partial charge in [-0.1, -0.05) is 12.1 Å². The van der Waals surface area contributed by atoms with E-state index >= 15 is 4.39 Å². The number of halogens is 12. The van der Waals surface area contributed by atoms with Gasteiger partial charge in [-0.2, -0.15) is 39.5 Å². The monoisotopic (exact) mass is 602 g/mol. The van der Waals surface area contributed by atoms with Crippen molar-refractivity contribution in [1.82, 2.24) is 0 Å². The van der Waals surface area contributed by atoms with Crippen molar-refractivity contribution < 1.29 is 62.3 Å². The highest BCUT2D eigenvalue weighted by molar-refractivity contribution is 6.08. The van der Waals surface area contributed by atoms with Crippen LogP contribution in [0.3, 0.4) is 0 Å². The Morgan fingerprint density at radius 1 is 0.756 bits per heavy atom. The van der Waals surface area contributed by atoms with E-state index in [4.69, 9.17) is 0 Å². The minimum atomic E-state index is -6.71. The maximum atomic E-state index is 15.2. The summed E-state index contributed by atoms with van der Waals surface area (Å²) in [7, 11) is 1.05. The fourth-order valence-electron chi connectivity index (χ4n) is 3.63. The third-order valence-electron chi connectivity index (χ3n) is 5.73. The number of carbonyl (C=O) groups excluding carboxylic acids is 2. The molecule has 16 heteroatoms. The molecular weight excluding hydrogens is 588 g/mol. The average molecular weight is 602 g/mol. The molecule has 220 valence electrons. The van der Waals surface area contributed by atoms with E-state index < -0.39 is 81.8 Å². The summed E-state index contributed by atoms with van der Waals surface area (Å²) in [4.78, 5) is 26.0. The zero-order valence-corrected chi connectivity index (χ0v) is 20.1. The van der Waals surface area contributed by atoms with Gasteiger partial charge in [0.15, 0.2) is 5.82 Å². The van der Waals surface area contributed by atoms with Gasteiger partial charge >= 0.3 is 24.2 Å². The highest BCUT2D eigenvalue weighted by Crippen LogP contribution is 2.54. The first kappa shape index (κ1) is 31.3. The molecule has 0 aromatic heterocycles. The normalized spacial score (nSPS) is 12.7. The topological polar surface area (TPSA) is 49.4 Å². The molecule has 0 saturated heterocycles. The number of carbonyl (C=O) groups is 2. The lowest BCUT2D eigenvalue weighted by atomic mass is 9.92. The Kier molecular flexibility index (Phi) is 8.11. The van der Waals surface area contributed by atoms with Gasteiger partial charge in [0.05, 0.1) is 22.5 Å². The Balaban J connectivity index is 2.02. The van der Waals surface area contributed by atoms with Gasteiger partial charge in [0.25, 0.3) is 11.8 Å². The zero-order chi connectivity index (χ0) is 31.1. The van der Waals surface area contributed by atoms with Crippen LogP contribution < -0.4 is 10.2 Å².